The Hall–Kier alpha value is -1.42. The quantitative estimate of drug-likeness (QED) is 0.757. The van der Waals surface area contributed by atoms with Crippen molar-refractivity contribution in [2.75, 3.05) is 0 Å². The topological polar surface area (TPSA) is 35.0 Å². The summed E-state index contributed by atoms with van der Waals surface area (Å²) >= 11 is 1.27. The summed E-state index contributed by atoms with van der Waals surface area (Å²) in [5.74, 6) is 1.55. The number of nitrogens with zero attached hydrogens (tertiary/aromatic N) is 2. The van der Waals surface area contributed by atoms with E-state index >= 15 is 0 Å². The zero-order valence-corrected chi connectivity index (χ0v) is 8.84. The number of aromatic nitrogens is 2. The molecule has 0 aliphatic rings. The second-order valence-electron chi connectivity index (χ2n) is 3.02. The zero-order chi connectivity index (χ0) is 9.97. The average molecular weight is 206 g/mol. The van der Waals surface area contributed by atoms with Crippen LogP contribution in [0.25, 0.3) is 0 Å². The number of ether oxygens (including phenoxy) is 1. The predicted octanol–water partition coefficient (Wildman–Crippen LogP) is 2.95. The van der Waals surface area contributed by atoms with Crippen molar-refractivity contribution < 1.29 is 4.74 Å². The van der Waals surface area contributed by atoms with Gasteiger partial charge in [0.25, 0.3) is 5.19 Å². The zero-order valence-electron chi connectivity index (χ0n) is 8.02. The van der Waals surface area contributed by atoms with Gasteiger partial charge in [0.2, 0.25) is 0 Å². The summed E-state index contributed by atoms with van der Waals surface area (Å²) in [7, 11) is 0. The monoisotopic (exact) mass is 206 g/mol. The van der Waals surface area contributed by atoms with Crippen molar-refractivity contribution in [2.45, 2.75) is 13.8 Å². The number of aryl methyl sites for hydroxylation is 2. The lowest BCUT2D eigenvalue weighted by atomic mass is 10.2. The van der Waals surface area contributed by atoms with Crippen LogP contribution in [0.1, 0.15) is 11.4 Å². The van der Waals surface area contributed by atoms with Crippen LogP contribution in [-0.2, 0) is 0 Å². The van der Waals surface area contributed by atoms with Gasteiger partial charge in [0.1, 0.15) is 11.6 Å². The lowest BCUT2D eigenvalue weighted by molar-refractivity contribution is 0.478. The van der Waals surface area contributed by atoms with Gasteiger partial charge in [0.05, 0.1) is 0 Å². The van der Waals surface area contributed by atoms with Crippen molar-refractivity contribution >= 4 is 11.5 Å². The van der Waals surface area contributed by atoms with E-state index in [0.717, 1.165) is 11.6 Å². The molecule has 2 rings (SSSR count). The Morgan fingerprint density at radius 3 is 2.43 bits per heavy atom. The third-order valence-corrected chi connectivity index (χ3v) is 2.42. The first kappa shape index (κ1) is 9.15. The first-order valence-corrected chi connectivity index (χ1v) is 5.06. The average Bonchev–Trinajstić information content (AvgIpc) is 2.56. The highest BCUT2D eigenvalue weighted by atomic mass is 32.1. The van der Waals surface area contributed by atoms with Gasteiger partial charge in [-0.2, -0.15) is 9.36 Å². The Morgan fingerprint density at radius 1 is 1.14 bits per heavy atom. The summed E-state index contributed by atoms with van der Waals surface area (Å²) in [6, 6.07) is 7.85. The fraction of sp³-hybridized carbons (Fsp3) is 0.200. The smallest absolute Gasteiger partial charge is 0.298 e. The van der Waals surface area contributed by atoms with Crippen LogP contribution < -0.4 is 4.74 Å². The van der Waals surface area contributed by atoms with E-state index in [-0.39, 0.29) is 0 Å². The lowest BCUT2D eigenvalue weighted by Gasteiger charge is -2.00. The highest BCUT2D eigenvalue weighted by Gasteiger charge is 2.01. The van der Waals surface area contributed by atoms with E-state index < -0.39 is 0 Å². The van der Waals surface area contributed by atoms with Gasteiger partial charge in [0, 0.05) is 11.5 Å². The van der Waals surface area contributed by atoms with Crippen molar-refractivity contribution in [3.8, 4) is 10.9 Å². The molecular weight excluding hydrogens is 196 g/mol. The lowest BCUT2D eigenvalue weighted by Crippen LogP contribution is -1.83. The first-order valence-electron chi connectivity index (χ1n) is 4.29. The molecule has 0 saturated carbocycles. The standard InChI is InChI=1S/C10H10N2OS/c1-7-3-5-9(6-4-7)13-10-11-8(2)12-14-10/h3-6H,1-2H3. The minimum absolute atomic E-state index is 0.589. The maximum atomic E-state index is 5.50. The molecule has 1 heterocycles. The summed E-state index contributed by atoms with van der Waals surface area (Å²) < 4.78 is 9.53. The Morgan fingerprint density at radius 2 is 1.86 bits per heavy atom. The number of hydrogen-bond acceptors (Lipinski definition) is 4. The van der Waals surface area contributed by atoms with Crippen molar-refractivity contribution in [1.82, 2.24) is 9.36 Å². The second kappa shape index (κ2) is 3.75. The van der Waals surface area contributed by atoms with Gasteiger partial charge in [-0.05, 0) is 26.0 Å². The second-order valence-corrected chi connectivity index (χ2v) is 3.74. The van der Waals surface area contributed by atoms with Gasteiger partial charge < -0.3 is 4.74 Å². The fourth-order valence-electron chi connectivity index (χ4n) is 1.03. The number of rotatable bonds is 2. The molecule has 0 amide bonds. The molecule has 4 heteroatoms. The molecule has 1 aromatic heterocycles. The molecule has 0 aliphatic carbocycles. The van der Waals surface area contributed by atoms with E-state index in [1.54, 1.807) is 0 Å². The molecule has 0 atom stereocenters. The highest BCUT2D eigenvalue weighted by molar-refractivity contribution is 7.07. The van der Waals surface area contributed by atoms with Gasteiger partial charge in [-0.15, -0.1) is 0 Å². The van der Waals surface area contributed by atoms with Crippen LogP contribution in [-0.4, -0.2) is 9.36 Å². The summed E-state index contributed by atoms with van der Waals surface area (Å²) in [6.07, 6.45) is 0. The van der Waals surface area contributed by atoms with Gasteiger partial charge >= 0.3 is 0 Å². The van der Waals surface area contributed by atoms with Gasteiger partial charge in [0.15, 0.2) is 0 Å². The van der Waals surface area contributed by atoms with E-state index in [1.165, 1.54) is 17.1 Å². The van der Waals surface area contributed by atoms with Crippen LogP contribution in [0.15, 0.2) is 24.3 Å². The third kappa shape index (κ3) is 2.09. The molecule has 0 spiro atoms. The van der Waals surface area contributed by atoms with Crippen molar-refractivity contribution in [1.29, 1.82) is 0 Å². The molecule has 0 saturated heterocycles. The minimum Gasteiger partial charge on any atom is -0.430 e. The summed E-state index contributed by atoms with van der Waals surface area (Å²) in [6.45, 7) is 3.89. The largest absolute Gasteiger partial charge is 0.430 e. The van der Waals surface area contributed by atoms with Crippen LogP contribution in [0.5, 0.6) is 10.9 Å². The van der Waals surface area contributed by atoms with Gasteiger partial charge in [-0.25, -0.2) is 0 Å². The first-order chi connectivity index (χ1) is 6.74. The maximum absolute atomic E-state index is 5.50. The molecule has 0 N–H and O–H groups in total. The van der Waals surface area contributed by atoms with E-state index in [0.29, 0.717) is 5.19 Å². The van der Waals surface area contributed by atoms with Crippen LogP contribution in [0.2, 0.25) is 0 Å². The summed E-state index contributed by atoms with van der Waals surface area (Å²) in [4.78, 5) is 4.11. The molecule has 3 nitrogen and oxygen atoms in total. The van der Waals surface area contributed by atoms with E-state index in [4.69, 9.17) is 4.74 Å². The van der Waals surface area contributed by atoms with Crippen LogP contribution in [0.4, 0.5) is 0 Å². The normalized spacial score (nSPS) is 10.1. The van der Waals surface area contributed by atoms with Gasteiger partial charge in [-0.1, -0.05) is 17.7 Å². The van der Waals surface area contributed by atoms with E-state index in [9.17, 15) is 0 Å². The molecule has 0 bridgehead atoms. The summed E-state index contributed by atoms with van der Waals surface area (Å²) in [5, 5.41) is 0.589. The van der Waals surface area contributed by atoms with Crippen LogP contribution >= 0.6 is 11.5 Å². The maximum Gasteiger partial charge on any atom is 0.298 e. The predicted molar refractivity (Wildman–Crippen MR) is 55.9 cm³/mol. The van der Waals surface area contributed by atoms with Crippen molar-refractivity contribution in [3.63, 3.8) is 0 Å². The summed E-state index contributed by atoms with van der Waals surface area (Å²) in [5.41, 5.74) is 1.21. The molecular formula is C10H10N2OS. The fourth-order valence-corrected chi connectivity index (χ4v) is 1.58. The third-order valence-electron chi connectivity index (χ3n) is 1.74. The Kier molecular flexibility index (Phi) is 2.45. The highest BCUT2D eigenvalue weighted by Crippen LogP contribution is 2.22. The molecule has 0 unspecified atom stereocenters. The Labute approximate surface area is 86.6 Å². The number of hydrogen-bond donors (Lipinski definition) is 0. The van der Waals surface area contributed by atoms with Crippen LogP contribution in [0, 0.1) is 13.8 Å². The SMILES string of the molecule is Cc1ccc(Oc2nc(C)ns2)cc1. The Bertz CT molecular complexity index is 422. The minimum atomic E-state index is 0.589. The van der Waals surface area contributed by atoms with Gasteiger partial charge in [-0.3, -0.25) is 0 Å². The molecule has 0 fully saturated rings. The van der Waals surface area contributed by atoms with Crippen molar-refractivity contribution in [3.05, 3.63) is 35.7 Å². The molecule has 14 heavy (non-hydrogen) atoms. The molecule has 72 valence electrons. The van der Waals surface area contributed by atoms with E-state index in [1.807, 2.05) is 38.1 Å². The number of benzene rings is 1. The molecule has 1 aromatic carbocycles. The Balaban J connectivity index is 2.15. The molecule has 0 radical (unpaired) electrons. The molecule has 0 aliphatic heterocycles. The van der Waals surface area contributed by atoms with Crippen LogP contribution in [0.3, 0.4) is 0 Å². The van der Waals surface area contributed by atoms with E-state index in [2.05, 4.69) is 9.36 Å². The van der Waals surface area contributed by atoms with Crippen molar-refractivity contribution in [2.24, 2.45) is 0 Å². The molecule has 2 aromatic rings.